The quantitative estimate of drug-likeness (QED) is 0.297. The highest BCUT2D eigenvalue weighted by atomic mass is 15.4. The molecule has 4 rings (SSSR count). The van der Waals surface area contributed by atoms with Gasteiger partial charge >= 0.3 is 0 Å². The fourth-order valence-corrected chi connectivity index (χ4v) is 2.69. The molecule has 0 saturated heterocycles. The van der Waals surface area contributed by atoms with E-state index in [9.17, 15) is 0 Å². The summed E-state index contributed by atoms with van der Waals surface area (Å²) in [7, 11) is 0. The molecule has 1 aromatic heterocycles. The van der Waals surface area contributed by atoms with Gasteiger partial charge in [0.2, 0.25) is 17.8 Å². The Kier molecular flexibility index (Phi) is 6.22. The Labute approximate surface area is 175 Å². The lowest BCUT2D eigenvalue weighted by atomic mass is 10.2. The zero-order valence-electron chi connectivity index (χ0n) is 16.2. The highest BCUT2D eigenvalue weighted by molar-refractivity contribution is 5.79. The Morgan fingerprint density at radius 1 is 0.667 bits per heavy atom. The van der Waals surface area contributed by atoms with Crippen molar-refractivity contribution in [3.8, 4) is 0 Å². The van der Waals surface area contributed by atoms with Gasteiger partial charge in [-0.1, -0.05) is 78.9 Å². The van der Waals surface area contributed by atoms with Crippen LogP contribution in [0, 0.1) is 0 Å². The minimum absolute atomic E-state index is 0.339. The molecule has 0 aliphatic rings. The van der Waals surface area contributed by atoms with Crippen molar-refractivity contribution in [1.29, 1.82) is 0 Å². The van der Waals surface area contributed by atoms with Gasteiger partial charge in [-0.05, 0) is 23.3 Å². The monoisotopic (exact) mass is 395 g/mol. The first-order valence-electron chi connectivity index (χ1n) is 9.55. The van der Waals surface area contributed by atoms with Gasteiger partial charge in [0.05, 0.1) is 6.21 Å². The molecule has 1 heterocycles. The van der Waals surface area contributed by atoms with E-state index in [0.29, 0.717) is 24.4 Å². The molecule has 0 bridgehead atoms. The molecule has 0 spiro atoms. The third-order valence-corrected chi connectivity index (χ3v) is 4.14. The van der Waals surface area contributed by atoms with Gasteiger partial charge in [0.15, 0.2) is 0 Å². The average molecular weight is 395 g/mol. The van der Waals surface area contributed by atoms with E-state index in [1.165, 1.54) is 0 Å². The van der Waals surface area contributed by atoms with Gasteiger partial charge in [0.1, 0.15) is 0 Å². The number of benzene rings is 3. The second kappa shape index (κ2) is 9.79. The first kappa shape index (κ1) is 19.1. The van der Waals surface area contributed by atoms with Gasteiger partial charge in [0.25, 0.3) is 0 Å². The molecule has 0 aliphatic heterocycles. The average Bonchev–Trinajstić information content (AvgIpc) is 2.80. The lowest BCUT2D eigenvalue weighted by Crippen LogP contribution is -2.09. The van der Waals surface area contributed by atoms with E-state index in [1.807, 2.05) is 91.0 Å². The molecular weight excluding hydrogens is 374 g/mol. The summed E-state index contributed by atoms with van der Waals surface area (Å²) in [5.41, 5.74) is 5.88. The summed E-state index contributed by atoms with van der Waals surface area (Å²) >= 11 is 0. The van der Waals surface area contributed by atoms with Crippen LogP contribution in [0.3, 0.4) is 0 Å². The normalized spacial score (nSPS) is 10.7. The molecule has 7 heteroatoms. The van der Waals surface area contributed by atoms with Crippen LogP contribution in [-0.2, 0) is 6.54 Å². The van der Waals surface area contributed by atoms with E-state index in [0.717, 1.165) is 16.8 Å². The maximum Gasteiger partial charge on any atom is 0.250 e. The van der Waals surface area contributed by atoms with Crippen molar-refractivity contribution in [2.75, 3.05) is 16.1 Å². The molecular formula is C23H21N7. The molecule has 3 N–H and O–H groups in total. The predicted octanol–water partition coefficient (Wildman–Crippen LogP) is 4.67. The van der Waals surface area contributed by atoms with Gasteiger partial charge in [-0.3, -0.25) is 0 Å². The molecule has 0 amide bonds. The van der Waals surface area contributed by atoms with Crippen molar-refractivity contribution in [2.45, 2.75) is 6.54 Å². The van der Waals surface area contributed by atoms with Crippen LogP contribution in [0.5, 0.6) is 0 Å². The van der Waals surface area contributed by atoms with Crippen molar-refractivity contribution in [3.63, 3.8) is 0 Å². The second-order valence-electron chi connectivity index (χ2n) is 6.42. The van der Waals surface area contributed by atoms with E-state index >= 15 is 0 Å². The van der Waals surface area contributed by atoms with Crippen LogP contribution in [0.25, 0.3) is 0 Å². The number of aromatic nitrogens is 3. The van der Waals surface area contributed by atoms with Crippen molar-refractivity contribution in [1.82, 2.24) is 15.0 Å². The van der Waals surface area contributed by atoms with E-state index < -0.39 is 0 Å². The summed E-state index contributed by atoms with van der Waals surface area (Å²) in [6, 6.07) is 29.6. The van der Waals surface area contributed by atoms with Crippen LogP contribution < -0.4 is 16.1 Å². The third-order valence-electron chi connectivity index (χ3n) is 4.14. The van der Waals surface area contributed by atoms with Crippen molar-refractivity contribution >= 4 is 29.7 Å². The summed E-state index contributed by atoms with van der Waals surface area (Å²) < 4.78 is 0. The van der Waals surface area contributed by atoms with Crippen LogP contribution in [0.15, 0.2) is 96.1 Å². The third kappa shape index (κ3) is 5.62. The van der Waals surface area contributed by atoms with Gasteiger partial charge in [0, 0.05) is 12.2 Å². The number of hydrogen-bond donors (Lipinski definition) is 3. The van der Waals surface area contributed by atoms with E-state index in [4.69, 9.17) is 0 Å². The Morgan fingerprint density at radius 2 is 1.27 bits per heavy atom. The highest BCUT2D eigenvalue weighted by Gasteiger charge is 2.07. The Hall–Kier alpha value is -4.26. The number of hydrogen-bond acceptors (Lipinski definition) is 7. The van der Waals surface area contributed by atoms with Gasteiger partial charge in [-0.25, -0.2) is 5.43 Å². The molecule has 4 aromatic rings. The molecule has 30 heavy (non-hydrogen) atoms. The molecule has 0 aliphatic carbocycles. The molecule has 0 unspecified atom stereocenters. The summed E-state index contributed by atoms with van der Waals surface area (Å²) in [6.07, 6.45) is 1.71. The van der Waals surface area contributed by atoms with Gasteiger partial charge in [-0.2, -0.15) is 20.1 Å². The largest absolute Gasteiger partial charge is 0.350 e. The minimum Gasteiger partial charge on any atom is -0.350 e. The highest BCUT2D eigenvalue weighted by Crippen LogP contribution is 2.16. The molecule has 148 valence electrons. The Balaban J connectivity index is 1.52. The van der Waals surface area contributed by atoms with Gasteiger partial charge < -0.3 is 10.6 Å². The number of nitrogens with zero attached hydrogens (tertiary/aromatic N) is 4. The predicted molar refractivity (Wildman–Crippen MR) is 121 cm³/mol. The lowest BCUT2D eigenvalue weighted by Gasteiger charge is -2.10. The minimum atomic E-state index is 0.339. The van der Waals surface area contributed by atoms with Crippen LogP contribution in [0.2, 0.25) is 0 Å². The second-order valence-corrected chi connectivity index (χ2v) is 6.42. The molecule has 0 radical (unpaired) electrons. The summed E-state index contributed by atoms with van der Waals surface area (Å²) in [4.78, 5) is 13.3. The summed E-state index contributed by atoms with van der Waals surface area (Å²) in [5, 5.41) is 10.7. The van der Waals surface area contributed by atoms with E-state index in [2.05, 4.69) is 36.1 Å². The summed E-state index contributed by atoms with van der Waals surface area (Å²) in [5.74, 6) is 1.21. The number of para-hydroxylation sites is 1. The maximum absolute atomic E-state index is 4.47. The van der Waals surface area contributed by atoms with E-state index in [-0.39, 0.29) is 0 Å². The Bertz CT molecular complexity index is 1080. The molecule has 0 saturated carbocycles. The standard InChI is InChI=1S/C23H21N7/c1-4-10-18(11-5-1)16-24-21-27-22(26-20-14-8-3-9-15-20)29-23(28-21)30-25-17-19-12-6-2-7-13-19/h1-15,17H,16H2,(H3,24,26,27,28,29,30). The first-order valence-corrected chi connectivity index (χ1v) is 9.55. The smallest absolute Gasteiger partial charge is 0.250 e. The molecule has 3 aromatic carbocycles. The maximum atomic E-state index is 4.47. The lowest BCUT2D eigenvalue weighted by molar-refractivity contribution is 0.999. The zero-order chi connectivity index (χ0) is 20.4. The van der Waals surface area contributed by atoms with Crippen molar-refractivity contribution < 1.29 is 0 Å². The molecule has 0 atom stereocenters. The van der Waals surface area contributed by atoms with Crippen molar-refractivity contribution in [3.05, 3.63) is 102 Å². The van der Waals surface area contributed by atoms with Crippen LogP contribution in [-0.4, -0.2) is 21.2 Å². The first-order chi connectivity index (χ1) is 14.8. The SMILES string of the molecule is C(=NNc1nc(NCc2ccccc2)nc(Nc2ccccc2)n1)c1ccccc1. The van der Waals surface area contributed by atoms with Crippen LogP contribution in [0.1, 0.15) is 11.1 Å². The topological polar surface area (TPSA) is 87.1 Å². The number of nitrogens with one attached hydrogen (secondary N) is 3. The number of rotatable bonds is 8. The fourth-order valence-electron chi connectivity index (χ4n) is 2.69. The molecule has 7 nitrogen and oxygen atoms in total. The summed E-state index contributed by atoms with van der Waals surface area (Å²) in [6.45, 7) is 0.600. The number of anilines is 4. The molecule has 0 fully saturated rings. The van der Waals surface area contributed by atoms with Crippen molar-refractivity contribution in [2.24, 2.45) is 5.10 Å². The van der Waals surface area contributed by atoms with Crippen LogP contribution >= 0.6 is 0 Å². The Morgan fingerprint density at radius 3 is 2.00 bits per heavy atom. The van der Waals surface area contributed by atoms with Gasteiger partial charge in [-0.15, -0.1) is 0 Å². The van der Waals surface area contributed by atoms with E-state index in [1.54, 1.807) is 6.21 Å². The van der Waals surface area contributed by atoms with Crippen LogP contribution in [0.4, 0.5) is 23.5 Å². The number of hydrazone groups is 1. The fraction of sp³-hybridized carbons (Fsp3) is 0.0435. The zero-order valence-corrected chi connectivity index (χ0v) is 16.2.